The smallest absolute Gasteiger partial charge is 0.338 e. The molecule has 0 unspecified atom stereocenters. The summed E-state index contributed by atoms with van der Waals surface area (Å²) < 4.78 is 31.2. The number of anilines is 3. The molecule has 0 atom stereocenters. The zero-order valence-corrected chi connectivity index (χ0v) is 15.3. The van der Waals surface area contributed by atoms with Gasteiger partial charge in [-0.15, -0.1) is 0 Å². The van der Waals surface area contributed by atoms with Gasteiger partial charge in [0.2, 0.25) is 5.95 Å². The molecule has 1 amide bonds. The highest BCUT2D eigenvalue weighted by Crippen LogP contribution is 2.17. The van der Waals surface area contributed by atoms with Gasteiger partial charge >= 0.3 is 5.97 Å². The number of hydrogen-bond acceptors (Lipinski definition) is 6. The van der Waals surface area contributed by atoms with Gasteiger partial charge in [-0.05, 0) is 49.4 Å². The fourth-order valence-electron chi connectivity index (χ4n) is 2.35. The largest absolute Gasteiger partial charge is 0.462 e. The number of carbonyl (C=O) groups excluding carboxylic acids is 2. The Bertz CT molecular complexity index is 1040. The Hall–Kier alpha value is -3.88. The molecule has 0 aliphatic heterocycles. The SMILES string of the molecule is CCOC(=O)c1ccc(NC(=O)c2ccnc(Nc3ccc(F)c(F)c3)n2)cc1. The van der Waals surface area contributed by atoms with Crippen molar-refractivity contribution >= 4 is 29.2 Å². The highest BCUT2D eigenvalue weighted by molar-refractivity contribution is 6.03. The van der Waals surface area contributed by atoms with E-state index in [1.54, 1.807) is 19.1 Å². The second kappa shape index (κ2) is 8.87. The maximum atomic E-state index is 13.3. The van der Waals surface area contributed by atoms with Gasteiger partial charge in [0.25, 0.3) is 5.91 Å². The zero-order chi connectivity index (χ0) is 20.8. The van der Waals surface area contributed by atoms with Gasteiger partial charge in [-0.25, -0.2) is 23.5 Å². The molecule has 3 rings (SSSR count). The van der Waals surface area contributed by atoms with E-state index >= 15 is 0 Å². The lowest BCUT2D eigenvalue weighted by Gasteiger charge is -2.08. The van der Waals surface area contributed by atoms with Crippen molar-refractivity contribution in [1.29, 1.82) is 0 Å². The van der Waals surface area contributed by atoms with E-state index in [0.717, 1.165) is 12.1 Å². The maximum Gasteiger partial charge on any atom is 0.338 e. The fourth-order valence-corrected chi connectivity index (χ4v) is 2.35. The summed E-state index contributed by atoms with van der Waals surface area (Å²) in [6, 6.07) is 10.8. The van der Waals surface area contributed by atoms with Crippen LogP contribution in [0.3, 0.4) is 0 Å². The number of ether oxygens (including phenoxy) is 1. The molecule has 0 bridgehead atoms. The summed E-state index contributed by atoms with van der Waals surface area (Å²) in [7, 11) is 0. The Morgan fingerprint density at radius 2 is 1.72 bits per heavy atom. The van der Waals surface area contributed by atoms with Gasteiger partial charge in [0.15, 0.2) is 11.6 Å². The van der Waals surface area contributed by atoms with E-state index in [4.69, 9.17) is 4.74 Å². The molecule has 9 heteroatoms. The predicted molar refractivity (Wildman–Crippen MR) is 102 cm³/mol. The van der Waals surface area contributed by atoms with E-state index in [0.29, 0.717) is 11.3 Å². The standard InChI is InChI=1S/C20H16F2N4O3/c1-2-29-19(28)12-3-5-13(6-4-12)24-18(27)17-9-10-23-20(26-17)25-14-7-8-15(21)16(22)11-14/h3-11H,2H2,1H3,(H,24,27)(H,23,25,26). The molecule has 29 heavy (non-hydrogen) atoms. The maximum absolute atomic E-state index is 13.3. The summed E-state index contributed by atoms with van der Waals surface area (Å²) in [4.78, 5) is 32.1. The van der Waals surface area contributed by atoms with Crippen molar-refractivity contribution in [3.63, 3.8) is 0 Å². The highest BCUT2D eigenvalue weighted by atomic mass is 19.2. The topological polar surface area (TPSA) is 93.2 Å². The first-order valence-electron chi connectivity index (χ1n) is 8.60. The third-order valence-corrected chi connectivity index (χ3v) is 3.72. The van der Waals surface area contributed by atoms with Crippen molar-refractivity contribution in [1.82, 2.24) is 9.97 Å². The number of hydrogen-bond donors (Lipinski definition) is 2. The Labute approximate surface area is 164 Å². The molecule has 0 spiro atoms. The number of nitrogens with zero attached hydrogens (tertiary/aromatic N) is 2. The van der Waals surface area contributed by atoms with Crippen molar-refractivity contribution in [2.24, 2.45) is 0 Å². The third-order valence-electron chi connectivity index (χ3n) is 3.72. The minimum Gasteiger partial charge on any atom is -0.462 e. The summed E-state index contributed by atoms with van der Waals surface area (Å²) in [5, 5.41) is 5.35. The molecular weight excluding hydrogens is 382 g/mol. The van der Waals surface area contributed by atoms with Crippen LogP contribution in [0.25, 0.3) is 0 Å². The van der Waals surface area contributed by atoms with Gasteiger partial charge < -0.3 is 15.4 Å². The molecule has 148 valence electrons. The molecule has 0 saturated heterocycles. The van der Waals surface area contributed by atoms with Crippen LogP contribution in [0.2, 0.25) is 0 Å². The van der Waals surface area contributed by atoms with Crippen LogP contribution >= 0.6 is 0 Å². The molecule has 7 nitrogen and oxygen atoms in total. The molecule has 0 aliphatic carbocycles. The third kappa shape index (κ3) is 5.10. The minimum absolute atomic E-state index is 0.0429. The van der Waals surface area contributed by atoms with Gasteiger partial charge in [-0.2, -0.15) is 0 Å². The van der Waals surface area contributed by atoms with Gasteiger partial charge in [-0.3, -0.25) is 4.79 Å². The molecule has 1 aromatic heterocycles. The lowest BCUT2D eigenvalue weighted by Crippen LogP contribution is -2.15. The van der Waals surface area contributed by atoms with E-state index in [1.807, 2.05) is 0 Å². The number of aromatic nitrogens is 2. The number of halogens is 2. The number of amides is 1. The van der Waals surface area contributed by atoms with Crippen molar-refractivity contribution in [2.45, 2.75) is 6.92 Å². The number of nitrogens with one attached hydrogen (secondary N) is 2. The fraction of sp³-hybridized carbons (Fsp3) is 0.100. The van der Waals surface area contributed by atoms with Gasteiger partial charge in [0, 0.05) is 23.6 Å². The summed E-state index contributed by atoms with van der Waals surface area (Å²) in [6.07, 6.45) is 1.36. The highest BCUT2D eigenvalue weighted by Gasteiger charge is 2.11. The van der Waals surface area contributed by atoms with Crippen molar-refractivity contribution in [3.8, 4) is 0 Å². The first-order chi connectivity index (χ1) is 14.0. The van der Waals surface area contributed by atoms with E-state index in [2.05, 4.69) is 20.6 Å². The molecule has 3 aromatic rings. The van der Waals surface area contributed by atoms with Crippen LogP contribution in [0, 0.1) is 11.6 Å². The summed E-state index contributed by atoms with van der Waals surface area (Å²) in [5.41, 5.74) is 1.11. The summed E-state index contributed by atoms with van der Waals surface area (Å²) >= 11 is 0. The first-order valence-corrected chi connectivity index (χ1v) is 8.60. The number of carbonyl (C=O) groups is 2. The zero-order valence-electron chi connectivity index (χ0n) is 15.3. The molecule has 0 radical (unpaired) electrons. The number of esters is 1. The predicted octanol–water partition coefficient (Wildman–Crippen LogP) is 3.93. The Balaban J connectivity index is 1.69. The summed E-state index contributed by atoms with van der Waals surface area (Å²) in [6.45, 7) is 1.98. The molecule has 2 N–H and O–H groups in total. The van der Waals surface area contributed by atoms with Crippen molar-refractivity contribution in [2.75, 3.05) is 17.2 Å². The number of rotatable bonds is 6. The van der Waals surface area contributed by atoms with Crippen LogP contribution in [-0.4, -0.2) is 28.5 Å². The second-order valence-electron chi connectivity index (χ2n) is 5.77. The van der Waals surface area contributed by atoms with Crippen LogP contribution in [0.5, 0.6) is 0 Å². The quantitative estimate of drug-likeness (QED) is 0.611. The minimum atomic E-state index is -1.02. The van der Waals surface area contributed by atoms with E-state index in [1.165, 1.54) is 30.5 Å². The van der Waals surface area contributed by atoms with Crippen LogP contribution < -0.4 is 10.6 Å². The second-order valence-corrected chi connectivity index (χ2v) is 5.77. The average molecular weight is 398 g/mol. The van der Waals surface area contributed by atoms with Crippen LogP contribution in [0.15, 0.2) is 54.7 Å². The molecule has 0 aliphatic rings. The molecule has 2 aromatic carbocycles. The van der Waals surface area contributed by atoms with Gasteiger partial charge in [0.1, 0.15) is 5.69 Å². The van der Waals surface area contributed by atoms with Crippen LogP contribution in [0.4, 0.5) is 26.1 Å². The lowest BCUT2D eigenvalue weighted by molar-refractivity contribution is 0.0526. The van der Waals surface area contributed by atoms with Gasteiger partial charge in [0.05, 0.1) is 12.2 Å². The molecule has 0 fully saturated rings. The van der Waals surface area contributed by atoms with E-state index in [9.17, 15) is 18.4 Å². The first kappa shape index (κ1) is 19.9. The molecule has 0 saturated carbocycles. The van der Waals surface area contributed by atoms with Crippen LogP contribution in [-0.2, 0) is 4.74 Å². The Morgan fingerprint density at radius 1 is 1.00 bits per heavy atom. The Morgan fingerprint density at radius 3 is 2.41 bits per heavy atom. The molecule has 1 heterocycles. The van der Waals surface area contributed by atoms with Gasteiger partial charge in [-0.1, -0.05) is 0 Å². The van der Waals surface area contributed by atoms with Crippen LogP contribution in [0.1, 0.15) is 27.8 Å². The van der Waals surface area contributed by atoms with E-state index in [-0.39, 0.29) is 23.9 Å². The normalized spacial score (nSPS) is 10.3. The van der Waals surface area contributed by atoms with Crippen molar-refractivity contribution in [3.05, 3.63) is 77.6 Å². The monoisotopic (exact) mass is 398 g/mol. The summed E-state index contributed by atoms with van der Waals surface area (Å²) in [5.74, 6) is -2.91. The number of benzene rings is 2. The average Bonchev–Trinajstić information content (AvgIpc) is 2.72. The lowest BCUT2D eigenvalue weighted by atomic mass is 10.2. The Kier molecular flexibility index (Phi) is 6.08. The van der Waals surface area contributed by atoms with E-state index < -0.39 is 23.5 Å². The van der Waals surface area contributed by atoms with Crippen molar-refractivity contribution < 1.29 is 23.1 Å². The molecular formula is C20H16F2N4O3.